The maximum absolute atomic E-state index is 12.4. The average molecular weight is 359 g/mol. The zero-order valence-electron chi connectivity index (χ0n) is 9.04. The number of hydrogen-bond acceptors (Lipinski definition) is 1. The van der Waals surface area contributed by atoms with Crippen molar-refractivity contribution in [3.8, 4) is 0 Å². The van der Waals surface area contributed by atoms with E-state index in [4.69, 9.17) is 34.8 Å². The van der Waals surface area contributed by atoms with Gasteiger partial charge in [0.15, 0.2) is 5.78 Å². The SMILES string of the molecule is O=C(c1c(Cl)cc(Cl)cc1Cl)C(C(F)(F)F)C(F)(F)F. The minimum absolute atomic E-state index is 0.132. The van der Waals surface area contributed by atoms with Crippen molar-refractivity contribution >= 4 is 40.6 Å². The van der Waals surface area contributed by atoms with Gasteiger partial charge in [-0.1, -0.05) is 34.8 Å². The zero-order valence-corrected chi connectivity index (χ0v) is 11.3. The predicted molar refractivity (Wildman–Crippen MR) is 61.4 cm³/mol. The minimum Gasteiger partial charge on any atom is -0.293 e. The number of alkyl halides is 6. The van der Waals surface area contributed by atoms with E-state index in [0.717, 1.165) is 12.1 Å². The van der Waals surface area contributed by atoms with Crippen molar-refractivity contribution in [1.82, 2.24) is 0 Å². The molecule has 1 aromatic carbocycles. The Morgan fingerprint density at radius 2 is 1.25 bits per heavy atom. The molecule has 1 rings (SSSR count). The van der Waals surface area contributed by atoms with Crippen LogP contribution in [0.15, 0.2) is 12.1 Å². The van der Waals surface area contributed by atoms with E-state index in [-0.39, 0.29) is 5.02 Å². The summed E-state index contributed by atoms with van der Waals surface area (Å²) in [6.45, 7) is 0. The first kappa shape index (κ1) is 17.4. The van der Waals surface area contributed by atoms with Gasteiger partial charge in [0.25, 0.3) is 0 Å². The molecule has 0 fully saturated rings. The highest BCUT2D eigenvalue weighted by Gasteiger charge is 2.61. The third-order valence-electron chi connectivity index (χ3n) is 2.17. The molecule has 10 heteroatoms. The molecule has 112 valence electrons. The van der Waals surface area contributed by atoms with Crippen LogP contribution in [-0.2, 0) is 0 Å². The van der Waals surface area contributed by atoms with Crippen LogP contribution in [0.25, 0.3) is 0 Å². The Bertz CT molecular complexity index is 500. The Balaban J connectivity index is 3.42. The van der Waals surface area contributed by atoms with Gasteiger partial charge in [-0.15, -0.1) is 0 Å². The van der Waals surface area contributed by atoms with Gasteiger partial charge >= 0.3 is 12.4 Å². The molecule has 0 aliphatic carbocycles. The lowest BCUT2D eigenvalue weighted by molar-refractivity contribution is -0.264. The smallest absolute Gasteiger partial charge is 0.293 e. The predicted octanol–water partition coefficient (Wildman–Crippen LogP) is 5.57. The maximum atomic E-state index is 12.4. The van der Waals surface area contributed by atoms with E-state index in [1.807, 2.05) is 0 Å². The molecule has 0 aliphatic heterocycles. The van der Waals surface area contributed by atoms with Crippen LogP contribution in [-0.4, -0.2) is 18.1 Å². The van der Waals surface area contributed by atoms with Gasteiger partial charge in [-0.3, -0.25) is 4.79 Å². The summed E-state index contributed by atoms with van der Waals surface area (Å²) in [4.78, 5) is 11.5. The Morgan fingerprint density at radius 1 is 0.900 bits per heavy atom. The molecule has 0 unspecified atom stereocenters. The summed E-state index contributed by atoms with van der Waals surface area (Å²) in [5.41, 5.74) is -1.07. The maximum Gasteiger partial charge on any atom is 0.407 e. The van der Waals surface area contributed by atoms with E-state index in [0.29, 0.717) is 0 Å². The van der Waals surface area contributed by atoms with Crippen molar-refractivity contribution < 1.29 is 31.1 Å². The minimum atomic E-state index is -5.82. The third-order valence-corrected chi connectivity index (χ3v) is 2.98. The molecular formula is C10H3Cl3F6O. The quantitative estimate of drug-likeness (QED) is 0.498. The van der Waals surface area contributed by atoms with Crippen molar-refractivity contribution in [3.63, 3.8) is 0 Å². The molecule has 0 heterocycles. The summed E-state index contributed by atoms with van der Waals surface area (Å²) >= 11 is 16.4. The largest absolute Gasteiger partial charge is 0.407 e. The first-order valence-electron chi connectivity index (χ1n) is 4.68. The molecule has 0 saturated heterocycles. The molecule has 0 bridgehead atoms. The van der Waals surface area contributed by atoms with E-state index in [1.165, 1.54) is 0 Å². The summed E-state index contributed by atoms with van der Waals surface area (Å²) < 4.78 is 74.7. The van der Waals surface area contributed by atoms with E-state index < -0.39 is 39.7 Å². The lowest BCUT2D eigenvalue weighted by Crippen LogP contribution is -2.42. The lowest BCUT2D eigenvalue weighted by atomic mass is 9.96. The highest BCUT2D eigenvalue weighted by Crippen LogP contribution is 2.43. The molecular weight excluding hydrogens is 356 g/mol. The first-order chi connectivity index (χ1) is 8.85. The fourth-order valence-electron chi connectivity index (χ4n) is 1.40. The number of benzene rings is 1. The second kappa shape index (κ2) is 5.61. The van der Waals surface area contributed by atoms with Crippen LogP contribution in [0.3, 0.4) is 0 Å². The molecule has 0 spiro atoms. The topological polar surface area (TPSA) is 17.1 Å². The van der Waals surface area contributed by atoms with Crippen molar-refractivity contribution in [1.29, 1.82) is 0 Å². The molecule has 0 radical (unpaired) electrons. The van der Waals surface area contributed by atoms with Gasteiger partial charge in [-0.2, -0.15) is 26.3 Å². The number of Topliss-reactive ketones (excluding diaryl/α,β-unsaturated/α-hetero) is 1. The number of rotatable bonds is 2. The Morgan fingerprint density at radius 3 is 1.55 bits per heavy atom. The van der Waals surface area contributed by atoms with Crippen LogP contribution in [0.4, 0.5) is 26.3 Å². The van der Waals surface area contributed by atoms with Crippen LogP contribution >= 0.6 is 34.8 Å². The second-order valence-electron chi connectivity index (χ2n) is 3.62. The summed E-state index contributed by atoms with van der Waals surface area (Å²) in [6.07, 6.45) is -11.6. The summed E-state index contributed by atoms with van der Waals surface area (Å²) in [5.74, 6) is -6.48. The van der Waals surface area contributed by atoms with Crippen molar-refractivity contribution in [2.45, 2.75) is 12.4 Å². The van der Waals surface area contributed by atoms with E-state index >= 15 is 0 Å². The number of hydrogen-bond donors (Lipinski definition) is 0. The average Bonchev–Trinajstić information content (AvgIpc) is 2.09. The highest BCUT2D eigenvalue weighted by atomic mass is 35.5. The Labute approximate surface area is 123 Å². The standard InChI is InChI=1S/C10H3Cl3F6O/c11-3-1-4(12)6(5(13)2-3)7(20)8(9(14,15)16)10(17,18)19/h1-2,8H. The van der Waals surface area contributed by atoms with E-state index in [2.05, 4.69) is 0 Å². The molecule has 0 atom stereocenters. The van der Waals surface area contributed by atoms with Crippen LogP contribution < -0.4 is 0 Å². The van der Waals surface area contributed by atoms with Gasteiger partial charge < -0.3 is 0 Å². The van der Waals surface area contributed by atoms with E-state index in [9.17, 15) is 31.1 Å². The third kappa shape index (κ3) is 3.71. The second-order valence-corrected chi connectivity index (χ2v) is 4.88. The normalized spacial score (nSPS) is 12.9. The molecule has 1 nitrogen and oxygen atoms in total. The van der Waals surface area contributed by atoms with Crippen molar-refractivity contribution in [3.05, 3.63) is 32.8 Å². The highest BCUT2D eigenvalue weighted by molar-refractivity contribution is 6.42. The van der Waals surface area contributed by atoms with Gasteiger partial charge in [0.2, 0.25) is 5.92 Å². The van der Waals surface area contributed by atoms with Gasteiger partial charge in [0.05, 0.1) is 15.6 Å². The first-order valence-corrected chi connectivity index (χ1v) is 5.81. The van der Waals surface area contributed by atoms with Crippen molar-refractivity contribution in [2.75, 3.05) is 0 Å². The van der Waals surface area contributed by atoms with Crippen LogP contribution in [0.5, 0.6) is 0 Å². The molecule has 0 aliphatic rings. The number of carbonyl (C=O) groups excluding carboxylic acids is 1. The molecule has 0 N–H and O–H groups in total. The van der Waals surface area contributed by atoms with E-state index in [1.54, 1.807) is 0 Å². The Hall–Kier alpha value is -0.660. The number of carbonyl (C=O) groups is 1. The zero-order chi connectivity index (χ0) is 15.9. The Kier molecular flexibility index (Phi) is 4.88. The molecule has 1 aromatic rings. The van der Waals surface area contributed by atoms with Gasteiger partial charge in [0.1, 0.15) is 0 Å². The molecule has 20 heavy (non-hydrogen) atoms. The molecule has 0 amide bonds. The summed E-state index contributed by atoms with van der Waals surface area (Å²) in [6, 6.07) is 1.65. The fourth-order valence-corrected chi connectivity index (χ4v) is 2.41. The van der Waals surface area contributed by atoms with Gasteiger partial charge in [-0.25, -0.2) is 0 Å². The molecule has 0 saturated carbocycles. The van der Waals surface area contributed by atoms with Crippen LogP contribution in [0.1, 0.15) is 10.4 Å². The van der Waals surface area contributed by atoms with Gasteiger partial charge in [-0.05, 0) is 12.1 Å². The number of halogens is 9. The van der Waals surface area contributed by atoms with Crippen LogP contribution in [0.2, 0.25) is 15.1 Å². The number of ketones is 1. The summed E-state index contributed by atoms with van der Waals surface area (Å²) in [7, 11) is 0. The summed E-state index contributed by atoms with van der Waals surface area (Å²) in [5, 5.41) is -1.51. The van der Waals surface area contributed by atoms with Crippen LogP contribution in [0, 0.1) is 5.92 Å². The fraction of sp³-hybridized carbons (Fsp3) is 0.300. The van der Waals surface area contributed by atoms with Crippen molar-refractivity contribution in [2.24, 2.45) is 5.92 Å². The monoisotopic (exact) mass is 358 g/mol. The molecule has 0 aromatic heterocycles. The lowest BCUT2D eigenvalue weighted by Gasteiger charge is -2.22. The van der Waals surface area contributed by atoms with Gasteiger partial charge in [0, 0.05) is 5.02 Å².